The Labute approximate surface area is 186 Å². The number of hydrogen-bond acceptors (Lipinski definition) is 1. The Hall–Kier alpha value is -3.60. The molecule has 5 heteroatoms. The van der Waals surface area contributed by atoms with Crippen LogP contribution in [0.15, 0.2) is 83.4 Å². The molecule has 0 unspecified atom stereocenters. The van der Waals surface area contributed by atoms with Gasteiger partial charge in [0.05, 0.1) is 11.9 Å². The molecular formula is C27H21F3NO+. The fourth-order valence-corrected chi connectivity index (χ4v) is 4.15. The van der Waals surface area contributed by atoms with Crippen molar-refractivity contribution >= 4 is 21.9 Å². The van der Waals surface area contributed by atoms with Gasteiger partial charge in [0, 0.05) is 25.1 Å². The molecule has 160 valence electrons. The Morgan fingerprint density at radius 3 is 2.31 bits per heavy atom. The Morgan fingerprint density at radius 1 is 0.875 bits per heavy atom. The molecule has 0 fully saturated rings. The summed E-state index contributed by atoms with van der Waals surface area (Å²) in [6.07, 6.45) is -6.47. The predicted octanol–water partition coefficient (Wildman–Crippen LogP) is 7.16. The number of alkyl halides is 3. The number of hydrogen-bond donors (Lipinski definition) is 0. The maximum atomic E-state index is 13.0. The number of rotatable bonds is 3. The number of fused-ring (bicyclic) bond motifs is 3. The van der Waals surface area contributed by atoms with Gasteiger partial charge in [0.1, 0.15) is 18.2 Å². The molecule has 2 nitrogen and oxygen atoms in total. The highest BCUT2D eigenvalue weighted by Crippen LogP contribution is 2.37. The highest BCUT2D eigenvalue weighted by Gasteiger charge is 2.27. The average Bonchev–Trinajstić information content (AvgIpc) is 3.17. The van der Waals surface area contributed by atoms with Crippen LogP contribution in [0.4, 0.5) is 13.2 Å². The Balaban J connectivity index is 1.57. The first-order chi connectivity index (χ1) is 16.1. The summed E-state index contributed by atoms with van der Waals surface area (Å²) >= 11 is 0. The lowest BCUT2D eigenvalue weighted by Crippen LogP contribution is -2.31. The Kier molecular flexibility index (Phi) is 4.23. The van der Waals surface area contributed by atoms with Gasteiger partial charge in [0.2, 0.25) is 5.69 Å². The summed E-state index contributed by atoms with van der Waals surface area (Å²) in [6.45, 7) is 2.03. The zero-order chi connectivity index (χ0) is 24.3. The van der Waals surface area contributed by atoms with E-state index >= 15 is 0 Å². The summed E-state index contributed by atoms with van der Waals surface area (Å²) in [7, 11) is 1.91. The minimum Gasteiger partial charge on any atom is -0.455 e. The molecule has 0 saturated carbocycles. The molecule has 0 aliphatic rings. The molecular weight excluding hydrogens is 411 g/mol. The number of benzene rings is 3. The minimum atomic E-state index is -4.97. The van der Waals surface area contributed by atoms with Crippen LogP contribution in [0.5, 0.6) is 0 Å². The monoisotopic (exact) mass is 434 g/mol. The summed E-state index contributed by atoms with van der Waals surface area (Å²) < 4.78 is 62.1. The second-order valence-corrected chi connectivity index (χ2v) is 7.85. The fraction of sp³-hybridized carbons (Fsp3) is 0.148. The van der Waals surface area contributed by atoms with Gasteiger partial charge in [-0.1, -0.05) is 54.6 Å². The van der Waals surface area contributed by atoms with Crippen LogP contribution in [0.2, 0.25) is 0 Å². The van der Waals surface area contributed by atoms with Crippen LogP contribution in [0.1, 0.15) is 13.9 Å². The highest BCUT2D eigenvalue weighted by molar-refractivity contribution is 6.09. The van der Waals surface area contributed by atoms with Crippen molar-refractivity contribution in [3.8, 4) is 22.4 Å². The SMILES string of the molecule is [2H]C([2H])(c1ccc(-c2ccc(-c3c(C)ccc4c3oc3ccccc34)[n+](C)c2)cc1)C(F)(F)F. The third-order valence-corrected chi connectivity index (χ3v) is 5.65. The zero-order valence-electron chi connectivity index (χ0n) is 19.5. The number of halogens is 3. The minimum absolute atomic E-state index is 0.420. The summed E-state index contributed by atoms with van der Waals surface area (Å²) in [5.74, 6) is 0. The quantitative estimate of drug-likeness (QED) is 0.275. The lowest BCUT2D eigenvalue weighted by Gasteiger charge is -2.09. The summed E-state index contributed by atoms with van der Waals surface area (Å²) in [5, 5.41) is 2.09. The molecule has 0 bridgehead atoms. The smallest absolute Gasteiger partial charge is 0.393 e. The van der Waals surface area contributed by atoms with E-state index in [1.165, 1.54) is 24.3 Å². The average molecular weight is 434 g/mol. The summed E-state index contributed by atoms with van der Waals surface area (Å²) in [5.41, 5.74) is 5.70. The summed E-state index contributed by atoms with van der Waals surface area (Å²) in [4.78, 5) is 0. The van der Waals surface area contributed by atoms with Crippen LogP contribution in [0.25, 0.3) is 44.3 Å². The van der Waals surface area contributed by atoms with Gasteiger partial charge in [-0.2, -0.15) is 13.2 Å². The molecule has 0 atom stereocenters. The first kappa shape index (κ1) is 18.0. The van der Waals surface area contributed by atoms with Crippen molar-refractivity contribution in [3.05, 3.63) is 90.1 Å². The molecule has 5 aromatic rings. The van der Waals surface area contributed by atoms with Crippen LogP contribution >= 0.6 is 0 Å². The second kappa shape index (κ2) is 7.52. The van der Waals surface area contributed by atoms with Crippen LogP contribution < -0.4 is 4.57 Å². The van der Waals surface area contributed by atoms with Crippen LogP contribution in [-0.4, -0.2) is 6.18 Å². The molecule has 2 aromatic heterocycles. The van der Waals surface area contributed by atoms with Gasteiger partial charge in [-0.25, -0.2) is 4.57 Å². The standard InChI is InChI=1S/C27H21F3NO/c1-17-7-13-22-21-5-3-4-6-24(21)32-26(22)25(17)23-14-12-20(16-31(23)2)19-10-8-18(9-11-19)15-27(28,29)30/h3-14,16H,15H2,1-2H3/q+1/i15D2. The lowest BCUT2D eigenvalue weighted by atomic mass is 9.99. The molecule has 0 radical (unpaired) electrons. The van der Waals surface area contributed by atoms with E-state index in [0.717, 1.165) is 44.3 Å². The second-order valence-electron chi connectivity index (χ2n) is 7.85. The van der Waals surface area contributed by atoms with Gasteiger partial charge in [0.15, 0.2) is 6.20 Å². The maximum absolute atomic E-state index is 13.0. The van der Waals surface area contributed by atoms with E-state index in [1.54, 1.807) is 0 Å². The van der Waals surface area contributed by atoms with Crippen molar-refractivity contribution in [2.75, 3.05) is 0 Å². The van der Waals surface area contributed by atoms with Crippen LogP contribution in [-0.2, 0) is 13.4 Å². The first-order valence-electron chi connectivity index (χ1n) is 11.2. The molecule has 2 heterocycles. The number of aromatic nitrogens is 1. The Bertz CT molecular complexity index is 1540. The van der Waals surface area contributed by atoms with E-state index in [2.05, 4.69) is 12.1 Å². The summed E-state index contributed by atoms with van der Waals surface area (Å²) in [6, 6.07) is 21.3. The van der Waals surface area contributed by atoms with Crippen LogP contribution in [0, 0.1) is 6.92 Å². The molecule has 0 aliphatic carbocycles. The lowest BCUT2D eigenvalue weighted by molar-refractivity contribution is -0.659. The Morgan fingerprint density at radius 2 is 1.59 bits per heavy atom. The van der Waals surface area contributed by atoms with E-state index in [0.29, 0.717) is 5.56 Å². The number of aryl methyl sites for hydroxylation is 2. The highest BCUT2D eigenvalue weighted by atomic mass is 19.4. The maximum Gasteiger partial charge on any atom is 0.393 e. The van der Waals surface area contributed by atoms with E-state index in [4.69, 9.17) is 7.16 Å². The van der Waals surface area contributed by atoms with Gasteiger partial charge in [-0.05, 0) is 35.7 Å². The van der Waals surface area contributed by atoms with Crippen molar-refractivity contribution in [3.63, 3.8) is 0 Å². The first-order valence-corrected chi connectivity index (χ1v) is 10.2. The van der Waals surface area contributed by atoms with E-state index in [-0.39, 0.29) is 0 Å². The van der Waals surface area contributed by atoms with E-state index in [9.17, 15) is 13.2 Å². The molecule has 3 aromatic carbocycles. The van der Waals surface area contributed by atoms with Gasteiger partial charge >= 0.3 is 6.18 Å². The number of pyridine rings is 1. The van der Waals surface area contributed by atoms with Crippen molar-refractivity contribution in [2.24, 2.45) is 7.05 Å². The number of para-hydroxylation sites is 1. The van der Waals surface area contributed by atoms with Crippen LogP contribution in [0.3, 0.4) is 0 Å². The molecule has 32 heavy (non-hydrogen) atoms. The zero-order valence-corrected chi connectivity index (χ0v) is 17.5. The molecule has 0 saturated heterocycles. The third-order valence-electron chi connectivity index (χ3n) is 5.65. The fourth-order valence-electron chi connectivity index (χ4n) is 4.15. The normalized spacial score (nSPS) is 13.4. The van der Waals surface area contributed by atoms with E-state index < -0.39 is 18.1 Å². The largest absolute Gasteiger partial charge is 0.455 e. The predicted molar refractivity (Wildman–Crippen MR) is 120 cm³/mol. The number of furan rings is 1. The molecule has 5 rings (SSSR count). The third kappa shape index (κ3) is 3.64. The molecule has 0 N–H and O–H groups in total. The van der Waals surface area contributed by atoms with Gasteiger partial charge in [-0.15, -0.1) is 0 Å². The van der Waals surface area contributed by atoms with Gasteiger partial charge in [0.25, 0.3) is 0 Å². The molecule has 0 aliphatic heterocycles. The van der Waals surface area contributed by atoms with E-state index in [1.807, 2.05) is 61.1 Å². The van der Waals surface area contributed by atoms with Crippen molar-refractivity contribution in [1.29, 1.82) is 0 Å². The molecule has 0 amide bonds. The van der Waals surface area contributed by atoms with Crippen molar-refractivity contribution < 1.29 is 24.9 Å². The molecule has 0 spiro atoms. The topological polar surface area (TPSA) is 17.0 Å². The van der Waals surface area contributed by atoms with Gasteiger partial charge in [-0.3, -0.25) is 0 Å². The van der Waals surface area contributed by atoms with Gasteiger partial charge < -0.3 is 4.42 Å². The van der Waals surface area contributed by atoms with Crippen molar-refractivity contribution in [1.82, 2.24) is 0 Å². The van der Waals surface area contributed by atoms with Crippen molar-refractivity contribution in [2.45, 2.75) is 19.5 Å². The number of nitrogens with zero attached hydrogens (tertiary/aromatic N) is 1.